The van der Waals surface area contributed by atoms with E-state index in [4.69, 9.17) is 4.74 Å². The van der Waals surface area contributed by atoms with Gasteiger partial charge in [0, 0.05) is 12.7 Å². The van der Waals surface area contributed by atoms with Crippen LogP contribution in [-0.2, 0) is 4.74 Å². The number of ketones is 1. The summed E-state index contributed by atoms with van der Waals surface area (Å²) < 4.78 is 35.5. The Balaban J connectivity index is 1.84. The second-order valence-corrected chi connectivity index (χ2v) is 7.45. The minimum Gasteiger partial charge on any atom is -0.435 e. The Morgan fingerprint density at radius 1 is 1.17 bits per heavy atom. The number of carbonyl (C=O) groups excluding carboxylic acids is 1. The molecule has 1 heterocycles. The van der Waals surface area contributed by atoms with E-state index < -0.39 is 6.61 Å². The highest BCUT2D eigenvalue weighted by molar-refractivity contribution is 7.99. The van der Waals surface area contributed by atoms with E-state index in [1.165, 1.54) is 28.8 Å². The van der Waals surface area contributed by atoms with Crippen molar-refractivity contribution in [2.24, 2.45) is 0 Å². The smallest absolute Gasteiger partial charge is 0.387 e. The van der Waals surface area contributed by atoms with Gasteiger partial charge >= 0.3 is 6.61 Å². The topological polar surface area (TPSA) is 70.4 Å². The normalized spacial score (nSPS) is 12.3. The molecule has 3 rings (SSSR count). The number of nitrogens with zero attached hydrogens (tertiary/aromatic N) is 2. The van der Waals surface area contributed by atoms with Crippen molar-refractivity contribution in [1.82, 2.24) is 9.55 Å². The second kappa shape index (κ2) is 9.82. The maximum atomic E-state index is 13.0. The molecule has 0 aliphatic carbocycles. The number of Topliss-reactive ketones (excluding diaryl/α,β-unsaturated/α-hetero) is 1. The molecule has 9 heteroatoms. The summed E-state index contributed by atoms with van der Waals surface area (Å²) in [6.07, 6.45) is 0. The van der Waals surface area contributed by atoms with Crippen LogP contribution in [0, 0.1) is 0 Å². The van der Waals surface area contributed by atoms with Crippen molar-refractivity contribution < 1.29 is 23.0 Å². The fourth-order valence-electron chi connectivity index (χ4n) is 2.97. The Bertz CT molecular complexity index is 1090. The zero-order chi connectivity index (χ0) is 21.7. The van der Waals surface area contributed by atoms with E-state index in [0.717, 1.165) is 11.8 Å². The summed E-state index contributed by atoms with van der Waals surface area (Å²) in [7, 11) is 1.55. The number of carbonyl (C=O) groups is 1. The number of hydrogen-bond acceptors (Lipinski definition) is 6. The minimum absolute atomic E-state index is 0.0207. The van der Waals surface area contributed by atoms with Crippen LogP contribution in [0.1, 0.15) is 23.3 Å². The molecular weight excluding hydrogens is 414 g/mol. The molecule has 6 nitrogen and oxygen atoms in total. The van der Waals surface area contributed by atoms with Gasteiger partial charge in [-0.1, -0.05) is 23.9 Å². The van der Waals surface area contributed by atoms with Crippen LogP contribution in [0.3, 0.4) is 0 Å². The molecular formula is C21H20F2N2O4S. The van der Waals surface area contributed by atoms with Gasteiger partial charge in [-0.25, -0.2) is 4.98 Å². The molecule has 2 aromatic carbocycles. The number of halogens is 2. The van der Waals surface area contributed by atoms with Crippen LogP contribution < -0.4 is 10.3 Å². The van der Waals surface area contributed by atoms with Crippen LogP contribution in [0.5, 0.6) is 5.75 Å². The molecule has 0 saturated heterocycles. The summed E-state index contributed by atoms with van der Waals surface area (Å²) in [5, 5.41) is 0.903. The van der Waals surface area contributed by atoms with Gasteiger partial charge in [-0.3, -0.25) is 14.2 Å². The van der Waals surface area contributed by atoms with Crippen LogP contribution in [0.25, 0.3) is 10.9 Å². The summed E-state index contributed by atoms with van der Waals surface area (Å²) in [6.45, 7) is -0.769. The molecule has 1 atom stereocenters. The molecule has 0 fully saturated rings. The van der Waals surface area contributed by atoms with Crippen molar-refractivity contribution >= 4 is 28.4 Å². The van der Waals surface area contributed by atoms with E-state index in [0.29, 0.717) is 28.2 Å². The maximum absolute atomic E-state index is 13.0. The van der Waals surface area contributed by atoms with Crippen LogP contribution in [0.4, 0.5) is 8.78 Å². The highest BCUT2D eigenvalue weighted by Crippen LogP contribution is 2.23. The van der Waals surface area contributed by atoms with E-state index in [1.54, 1.807) is 31.4 Å². The first kappa shape index (κ1) is 21.9. The fraction of sp³-hybridized carbons (Fsp3) is 0.286. The molecule has 0 spiro atoms. The third-order valence-corrected chi connectivity index (χ3v) is 5.31. The number of alkyl halides is 2. The number of rotatable bonds is 9. The third-order valence-electron chi connectivity index (χ3n) is 4.36. The van der Waals surface area contributed by atoms with Crippen molar-refractivity contribution in [2.75, 3.05) is 19.5 Å². The van der Waals surface area contributed by atoms with Crippen molar-refractivity contribution in [1.29, 1.82) is 0 Å². The number of thioether (sulfide) groups is 1. The van der Waals surface area contributed by atoms with E-state index in [1.807, 2.05) is 6.92 Å². The summed E-state index contributed by atoms with van der Waals surface area (Å²) in [4.78, 5) is 30.1. The molecule has 0 saturated carbocycles. The number of para-hydroxylation sites is 1. The van der Waals surface area contributed by atoms with Crippen LogP contribution in [0.15, 0.2) is 58.5 Å². The van der Waals surface area contributed by atoms with Gasteiger partial charge in [-0.2, -0.15) is 8.78 Å². The lowest BCUT2D eigenvalue weighted by molar-refractivity contribution is -0.0498. The molecule has 0 aliphatic rings. The zero-order valence-electron chi connectivity index (χ0n) is 16.4. The van der Waals surface area contributed by atoms with E-state index in [-0.39, 0.29) is 28.9 Å². The molecule has 158 valence electrons. The van der Waals surface area contributed by atoms with Gasteiger partial charge in [0.2, 0.25) is 0 Å². The molecule has 0 aliphatic heterocycles. The van der Waals surface area contributed by atoms with Crippen molar-refractivity contribution in [2.45, 2.75) is 24.7 Å². The second-order valence-electron chi connectivity index (χ2n) is 6.51. The monoisotopic (exact) mass is 434 g/mol. The highest BCUT2D eigenvalue weighted by atomic mass is 32.2. The average molecular weight is 434 g/mol. The molecule has 0 radical (unpaired) electrons. The summed E-state index contributed by atoms with van der Waals surface area (Å²) in [5.74, 6) is -0.218. The van der Waals surface area contributed by atoms with Gasteiger partial charge in [0.15, 0.2) is 10.9 Å². The van der Waals surface area contributed by atoms with E-state index in [9.17, 15) is 18.4 Å². The Kier molecular flexibility index (Phi) is 7.17. The number of benzene rings is 2. The molecule has 0 amide bonds. The maximum Gasteiger partial charge on any atom is 0.387 e. The predicted octanol–water partition coefficient (Wildman–Crippen LogP) is 4.18. The fourth-order valence-corrected chi connectivity index (χ4v) is 3.96. The van der Waals surface area contributed by atoms with Crippen LogP contribution in [-0.4, -0.2) is 41.4 Å². The molecule has 0 bridgehead atoms. The predicted molar refractivity (Wildman–Crippen MR) is 111 cm³/mol. The minimum atomic E-state index is -2.92. The lowest BCUT2D eigenvalue weighted by atomic mass is 10.1. The van der Waals surface area contributed by atoms with Gasteiger partial charge in [0.25, 0.3) is 5.56 Å². The van der Waals surface area contributed by atoms with Crippen LogP contribution in [0.2, 0.25) is 0 Å². The number of methoxy groups -OCH3 is 1. The Morgan fingerprint density at radius 3 is 2.53 bits per heavy atom. The number of ether oxygens (including phenoxy) is 2. The largest absolute Gasteiger partial charge is 0.435 e. The molecule has 3 aromatic rings. The number of fused-ring (bicyclic) bond motifs is 1. The summed E-state index contributed by atoms with van der Waals surface area (Å²) in [5.41, 5.74) is 0.698. The lowest BCUT2D eigenvalue weighted by Gasteiger charge is -2.18. The van der Waals surface area contributed by atoms with E-state index in [2.05, 4.69) is 9.72 Å². The quantitative estimate of drug-likeness (QED) is 0.286. The lowest BCUT2D eigenvalue weighted by Crippen LogP contribution is -2.28. The standard InChI is InChI=1S/C21H20F2N2O4S/c1-13(11-28-2)25-19(27)16-5-3-4-6-17(16)24-21(25)30-12-18(26)14-7-9-15(10-8-14)29-20(22)23/h3-10,13,20H,11-12H2,1-2H3/t13-/m0/s1. The molecule has 0 unspecified atom stereocenters. The van der Waals surface area contributed by atoms with Crippen molar-refractivity contribution in [3.8, 4) is 5.75 Å². The van der Waals surface area contributed by atoms with Gasteiger partial charge in [-0.05, 0) is 43.3 Å². The number of aromatic nitrogens is 2. The first-order valence-electron chi connectivity index (χ1n) is 9.11. The number of hydrogen-bond donors (Lipinski definition) is 0. The molecule has 30 heavy (non-hydrogen) atoms. The Labute approximate surface area is 175 Å². The Hall–Kier alpha value is -2.78. The first-order valence-corrected chi connectivity index (χ1v) is 10.1. The third kappa shape index (κ3) is 5.03. The Morgan fingerprint density at radius 2 is 1.87 bits per heavy atom. The summed E-state index contributed by atoms with van der Waals surface area (Å²) in [6, 6.07) is 12.2. The van der Waals surface area contributed by atoms with Crippen LogP contribution >= 0.6 is 11.8 Å². The van der Waals surface area contributed by atoms with Gasteiger partial charge in [0.05, 0.1) is 29.3 Å². The van der Waals surface area contributed by atoms with E-state index >= 15 is 0 Å². The van der Waals surface area contributed by atoms with Gasteiger partial charge in [-0.15, -0.1) is 0 Å². The molecule has 1 aromatic heterocycles. The highest BCUT2D eigenvalue weighted by Gasteiger charge is 2.18. The summed E-state index contributed by atoms with van der Waals surface area (Å²) >= 11 is 1.14. The zero-order valence-corrected chi connectivity index (χ0v) is 17.2. The average Bonchev–Trinajstić information content (AvgIpc) is 2.72. The van der Waals surface area contributed by atoms with Gasteiger partial charge in [0.1, 0.15) is 5.75 Å². The molecule has 0 N–H and O–H groups in total. The van der Waals surface area contributed by atoms with Crippen molar-refractivity contribution in [3.05, 3.63) is 64.4 Å². The first-order chi connectivity index (χ1) is 14.4. The SMILES string of the molecule is COC[C@H](C)n1c(SCC(=O)c2ccc(OC(F)F)cc2)nc2ccccc2c1=O. The van der Waals surface area contributed by atoms with Gasteiger partial charge < -0.3 is 9.47 Å². The van der Waals surface area contributed by atoms with Crippen molar-refractivity contribution in [3.63, 3.8) is 0 Å².